The van der Waals surface area contributed by atoms with Gasteiger partial charge in [0, 0.05) is 22.5 Å². The predicted molar refractivity (Wildman–Crippen MR) is 126 cm³/mol. The van der Waals surface area contributed by atoms with E-state index in [-0.39, 0.29) is 0 Å². The van der Waals surface area contributed by atoms with Crippen molar-refractivity contribution in [1.29, 1.82) is 0 Å². The Balaban J connectivity index is 1.89. The maximum Gasteiger partial charge on any atom is 0.203 e. The first-order valence-corrected chi connectivity index (χ1v) is 9.97. The molecule has 146 valence electrons. The van der Waals surface area contributed by atoms with Crippen molar-refractivity contribution in [2.45, 2.75) is 13.8 Å². The number of rotatable bonds is 2. The number of para-hydroxylation sites is 1. The Hall–Kier alpha value is -4.41. The monoisotopic (exact) mass is 398 g/mol. The van der Waals surface area contributed by atoms with Gasteiger partial charge in [0.05, 0.1) is 35.6 Å². The van der Waals surface area contributed by atoms with E-state index in [1.54, 1.807) is 6.07 Å². The van der Waals surface area contributed by atoms with E-state index in [0.717, 1.165) is 22.3 Å². The van der Waals surface area contributed by atoms with Crippen molar-refractivity contribution < 1.29 is 0 Å². The fraction of sp³-hybridized carbons (Fsp3) is 0.0741. The Bertz CT molecular complexity index is 1520. The van der Waals surface area contributed by atoms with Crippen LogP contribution >= 0.6 is 0 Å². The van der Waals surface area contributed by atoms with Crippen LogP contribution in [-0.4, -0.2) is 9.55 Å². The van der Waals surface area contributed by atoms with Gasteiger partial charge in [-0.25, -0.2) is 9.69 Å². The summed E-state index contributed by atoms with van der Waals surface area (Å²) in [5.74, 6) is 0. The molecule has 0 amide bonds. The molecule has 0 aliphatic rings. The topological polar surface area (TPSA) is 26.5 Å². The van der Waals surface area contributed by atoms with Gasteiger partial charge in [0.15, 0.2) is 5.69 Å². The molecule has 0 atom stereocenters. The Labute approximate surface area is 180 Å². The molecule has 0 radical (unpaired) electrons. The van der Waals surface area contributed by atoms with Crippen molar-refractivity contribution in [3.05, 3.63) is 107 Å². The van der Waals surface area contributed by atoms with E-state index in [1.807, 2.05) is 18.2 Å². The molecule has 2 aromatic heterocycles. The smallest absolute Gasteiger partial charge is 0.203 e. The second-order valence-electron chi connectivity index (χ2n) is 7.68. The quantitative estimate of drug-likeness (QED) is 0.282. The van der Waals surface area contributed by atoms with Crippen molar-refractivity contribution in [2.75, 3.05) is 0 Å². The molecule has 0 spiro atoms. The van der Waals surface area contributed by atoms with Crippen LogP contribution < -0.4 is 0 Å². The van der Waals surface area contributed by atoms with E-state index in [9.17, 15) is 0 Å². The molecule has 0 N–H and O–H groups in total. The highest BCUT2D eigenvalue weighted by molar-refractivity contribution is 6.10. The fourth-order valence-electron chi connectivity index (χ4n) is 4.18. The lowest BCUT2D eigenvalue weighted by Crippen LogP contribution is -1.98. The highest BCUT2D eigenvalue weighted by Crippen LogP contribution is 2.39. The fourth-order valence-corrected chi connectivity index (χ4v) is 4.18. The Kier molecular flexibility index (Phi) is 4.28. The molecule has 0 aliphatic carbocycles. The van der Waals surface area contributed by atoms with Crippen LogP contribution in [0.1, 0.15) is 11.1 Å². The summed E-state index contributed by atoms with van der Waals surface area (Å²) in [5.41, 5.74) is 7.83. The van der Waals surface area contributed by atoms with Crippen molar-refractivity contribution in [1.82, 2.24) is 9.55 Å². The van der Waals surface area contributed by atoms with Crippen molar-refractivity contribution in [3.63, 3.8) is 0 Å². The first-order chi connectivity index (χ1) is 15.1. The number of hydrogen-bond acceptors (Lipinski definition) is 1. The van der Waals surface area contributed by atoms with Crippen LogP contribution in [0.5, 0.6) is 0 Å². The number of fused-ring (bicyclic) bond motifs is 3. The predicted octanol–water partition coefficient (Wildman–Crippen LogP) is 7.56. The van der Waals surface area contributed by atoms with Crippen LogP contribution in [0.4, 0.5) is 11.4 Å². The van der Waals surface area contributed by atoms with Crippen molar-refractivity contribution >= 4 is 33.2 Å². The van der Waals surface area contributed by atoms with Gasteiger partial charge in [0.1, 0.15) is 0 Å². The molecule has 0 saturated carbocycles. The van der Waals surface area contributed by atoms with E-state index in [1.165, 1.54) is 28.1 Å². The molecule has 4 heteroatoms. The lowest BCUT2D eigenvalue weighted by molar-refractivity contribution is 1.17. The summed E-state index contributed by atoms with van der Waals surface area (Å²) < 4.78 is 2.25. The summed E-state index contributed by atoms with van der Waals surface area (Å²) in [6.07, 6.45) is 1.53. The molecule has 5 rings (SSSR count). The third kappa shape index (κ3) is 2.94. The van der Waals surface area contributed by atoms with Crippen molar-refractivity contribution in [2.24, 2.45) is 0 Å². The highest BCUT2D eigenvalue weighted by atomic mass is 15.0. The van der Waals surface area contributed by atoms with E-state index in [0.29, 0.717) is 17.1 Å². The third-order valence-corrected chi connectivity index (χ3v) is 5.58. The molecule has 0 unspecified atom stereocenters. The lowest BCUT2D eigenvalue weighted by atomic mass is 10.1. The minimum Gasteiger partial charge on any atom is -0.309 e. The summed E-state index contributed by atoms with van der Waals surface area (Å²) in [6, 6.07) is 22.6. The van der Waals surface area contributed by atoms with E-state index >= 15 is 0 Å². The first kappa shape index (κ1) is 18.6. The molecule has 0 fully saturated rings. The normalized spacial score (nSPS) is 10.8. The molecule has 5 aromatic rings. The van der Waals surface area contributed by atoms with E-state index < -0.39 is 0 Å². The minimum atomic E-state index is 0.370. The summed E-state index contributed by atoms with van der Waals surface area (Å²) >= 11 is 0. The number of nitrogens with zero attached hydrogens (tertiary/aromatic N) is 4. The van der Waals surface area contributed by atoms with Gasteiger partial charge < -0.3 is 4.57 Å². The molecule has 0 bridgehead atoms. The number of benzene rings is 3. The molecule has 0 aliphatic heterocycles. The van der Waals surface area contributed by atoms with Gasteiger partial charge in [-0.1, -0.05) is 41.5 Å². The number of aryl methyl sites for hydroxylation is 2. The highest BCUT2D eigenvalue weighted by Gasteiger charge is 2.18. The molecule has 2 heterocycles. The molecular formula is C27H18N4. The Morgan fingerprint density at radius 1 is 0.774 bits per heavy atom. The SMILES string of the molecule is [C-]#[N+]c1cnc(-c2ccccc2-n2c3ccc(C)cc3c3cc(C)ccc32)c([N+]#[C-])c1. The van der Waals surface area contributed by atoms with Crippen LogP contribution in [0.25, 0.3) is 48.4 Å². The maximum absolute atomic E-state index is 7.64. The van der Waals surface area contributed by atoms with Gasteiger partial charge in [-0.3, -0.25) is 4.98 Å². The Morgan fingerprint density at radius 2 is 1.42 bits per heavy atom. The van der Waals surface area contributed by atoms with Gasteiger partial charge in [0.25, 0.3) is 0 Å². The van der Waals surface area contributed by atoms with Crippen LogP contribution in [0.3, 0.4) is 0 Å². The summed E-state index contributed by atoms with van der Waals surface area (Å²) in [4.78, 5) is 11.6. The van der Waals surface area contributed by atoms with Gasteiger partial charge in [-0.15, -0.1) is 0 Å². The van der Waals surface area contributed by atoms with Crippen LogP contribution in [0.2, 0.25) is 0 Å². The number of pyridine rings is 1. The zero-order valence-corrected chi connectivity index (χ0v) is 17.2. The average Bonchev–Trinajstić information content (AvgIpc) is 3.11. The minimum absolute atomic E-state index is 0.370. The van der Waals surface area contributed by atoms with Gasteiger partial charge >= 0.3 is 0 Å². The molecule has 31 heavy (non-hydrogen) atoms. The number of hydrogen-bond donors (Lipinski definition) is 0. The average molecular weight is 398 g/mol. The van der Waals surface area contributed by atoms with E-state index in [4.69, 9.17) is 13.1 Å². The Morgan fingerprint density at radius 3 is 2.03 bits per heavy atom. The summed E-state index contributed by atoms with van der Waals surface area (Å²) in [5, 5.41) is 2.41. The lowest BCUT2D eigenvalue weighted by Gasteiger charge is -2.14. The van der Waals surface area contributed by atoms with E-state index in [2.05, 4.69) is 75.6 Å². The third-order valence-electron chi connectivity index (χ3n) is 5.58. The standard InChI is InChI=1S/C27H18N4/c1-17-9-11-25-21(13-17)22-14-18(2)10-12-26(22)31(25)24-8-6-5-7-20(24)27-23(29-4)15-19(28-3)16-30-27/h5-16H,1-2H3. The second kappa shape index (κ2) is 7.13. The summed E-state index contributed by atoms with van der Waals surface area (Å²) in [6.45, 7) is 19.1. The van der Waals surface area contributed by atoms with Gasteiger partial charge in [-0.05, 0) is 50.2 Å². The van der Waals surface area contributed by atoms with Crippen molar-refractivity contribution in [3.8, 4) is 16.9 Å². The van der Waals surface area contributed by atoms with Crippen LogP contribution in [-0.2, 0) is 0 Å². The zero-order valence-electron chi connectivity index (χ0n) is 17.2. The molecule has 3 aromatic carbocycles. The van der Waals surface area contributed by atoms with Crippen LogP contribution in [0, 0.1) is 27.0 Å². The molecular weight excluding hydrogens is 380 g/mol. The molecule has 4 nitrogen and oxygen atoms in total. The van der Waals surface area contributed by atoms with Crippen LogP contribution in [0.15, 0.2) is 72.9 Å². The van der Waals surface area contributed by atoms with Gasteiger partial charge in [0.2, 0.25) is 5.69 Å². The zero-order chi connectivity index (χ0) is 21.5. The maximum atomic E-state index is 7.64. The first-order valence-electron chi connectivity index (χ1n) is 9.97. The largest absolute Gasteiger partial charge is 0.309 e. The van der Waals surface area contributed by atoms with Gasteiger partial charge in [-0.2, -0.15) is 0 Å². The summed E-state index contributed by atoms with van der Waals surface area (Å²) in [7, 11) is 0. The molecule has 0 saturated heterocycles. The second-order valence-corrected chi connectivity index (χ2v) is 7.68. The number of aromatic nitrogens is 2.